The monoisotopic (exact) mass is 234 g/mol. The van der Waals surface area contributed by atoms with Gasteiger partial charge in [0.05, 0.1) is 0 Å². The van der Waals surface area contributed by atoms with Gasteiger partial charge in [0, 0.05) is 19.8 Å². The second-order valence-electron chi connectivity index (χ2n) is 3.83. The van der Waals surface area contributed by atoms with Crippen LogP contribution >= 0.6 is 0 Å². The van der Waals surface area contributed by atoms with E-state index < -0.39 is 0 Å². The van der Waals surface area contributed by atoms with Gasteiger partial charge in [-0.15, -0.1) is 11.4 Å². The van der Waals surface area contributed by atoms with Gasteiger partial charge in [0.2, 0.25) is 0 Å². The summed E-state index contributed by atoms with van der Waals surface area (Å²) in [6.45, 7) is 0. The Labute approximate surface area is 125 Å². The zero-order valence-corrected chi connectivity index (χ0v) is 12.6. The van der Waals surface area contributed by atoms with Crippen LogP contribution in [0.25, 0.3) is 5.32 Å². The predicted octanol–water partition coefficient (Wildman–Crippen LogP) is 1.09. The molecule has 0 aromatic heterocycles. The maximum atomic E-state index is 4.62. The molecular weight excluding hydrogens is 219 g/mol. The molecule has 17 heavy (non-hydrogen) atoms. The fraction of sp³-hybridized carbons (Fsp3) is 0.143. The minimum Gasteiger partial charge on any atom is -0.656 e. The molecule has 0 atom stereocenters. The van der Waals surface area contributed by atoms with Crippen LogP contribution in [0, 0.1) is 0 Å². The van der Waals surface area contributed by atoms with E-state index in [-0.39, 0.29) is 29.6 Å². The number of nitrogens with zero attached hydrogens (tertiary/aromatic N) is 2. The summed E-state index contributed by atoms with van der Waals surface area (Å²) in [6, 6.07) is 18.1. The topological polar surface area (TPSA) is 17.3 Å². The number of hydrogen-bond acceptors (Lipinski definition) is 1. The van der Waals surface area contributed by atoms with Crippen molar-refractivity contribution in [2.24, 2.45) is 0 Å². The van der Waals surface area contributed by atoms with Crippen LogP contribution in [0.2, 0.25) is 0 Å². The van der Waals surface area contributed by atoms with Crippen molar-refractivity contribution in [3.63, 3.8) is 0 Å². The van der Waals surface area contributed by atoms with Gasteiger partial charge in [-0.05, 0) is 6.07 Å². The van der Waals surface area contributed by atoms with Crippen molar-refractivity contribution >= 4 is 17.1 Å². The summed E-state index contributed by atoms with van der Waals surface area (Å²) in [5.41, 5.74) is 3.11. The first-order chi connectivity index (χ1) is 7.77. The van der Waals surface area contributed by atoms with Crippen LogP contribution in [-0.2, 0) is 0 Å². The molecule has 0 aliphatic heterocycles. The summed E-state index contributed by atoms with van der Waals surface area (Å²) in [4.78, 5) is 2.07. The zero-order valence-electron chi connectivity index (χ0n) is 10.6. The van der Waals surface area contributed by atoms with Crippen LogP contribution in [-0.4, -0.2) is 14.1 Å². The van der Waals surface area contributed by atoms with Gasteiger partial charge >= 0.3 is 29.6 Å². The fourth-order valence-corrected chi connectivity index (χ4v) is 1.58. The van der Waals surface area contributed by atoms with E-state index in [4.69, 9.17) is 0 Å². The first kappa shape index (κ1) is 14.1. The van der Waals surface area contributed by atoms with Crippen LogP contribution in [0.4, 0.5) is 17.1 Å². The summed E-state index contributed by atoms with van der Waals surface area (Å²) in [6.07, 6.45) is 0. The van der Waals surface area contributed by atoms with Crippen molar-refractivity contribution in [1.82, 2.24) is 0 Å². The van der Waals surface area contributed by atoms with Gasteiger partial charge in [0.15, 0.2) is 0 Å². The molecule has 0 bridgehead atoms. The fourth-order valence-electron chi connectivity index (χ4n) is 1.58. The van der Waals surface area contributed by atoms with Crippen LogP contribution in [0.1, 0.15) is 0 Å². The average molecular weight is 234 g/mol. The Morgan fingerprint density at radius 3 is 2.06 bits per heavy atom. The number of anilines is 1. The molecule has 2 aromatic rings. The maximum absolute atomic E-state index is 4.62. The van der Waals surface area contributed by atoms with Crippen molar-refractivity contribution in [1.29, 1.82) is 0 Å². The van der Waals surface area contributed by atoms with E-state index >= 15 is 0 Å². The van der Waals surface area contributed by atoms with Crippen LogP contribution in [0.15, 0.2) is 54.6 Å². The van der Waals surface area contributed by atoms with Crippen molar-refractivity contribution in [2.45, 2.75) is 0 Å². The van der Waals surface area contributed by atoms with Gasteiger partial charge in [0.25, 0.3) is 0 Å². The van der Waals surface area contributed by atoms with E-state index in [0.717, 1.165) is 17.1 Å². The quantitative estimate of drug-likeness (QED) is 0.727. The molecule has 82 valence electrons. The Hall–Kier alpha value is -0.960. The van der Waals surface area contributed by atoms with Gasteiger partial charge in [-0.2, -0.15) is 0 Å². The third-order valence-corrected chi connectivity index (χ3v) is 2.37. The van der Waals surface area contributed by atoms with Crippen molar-refractivity contribution in [3.05, 3.63) is 59.9 Å². The van der Waals surface area contributed by atoms with Crippen LogP contribution < -0.4 is 34.5 Å². The number of rotatable bonds is 3. The van der Waals surface area contributed by atoms with Gasteiger partial charge in [-0.1, -0.05) is 48.5 Å². The second kappa shape index (κ2) is 6.70. The predicted molar refractivity (Wildman–Crippen MR) is 69.9 cm³/mol. The third kappa shape index (κ3) is 3.77. The molecular formula is C14H15N2Na. The SMILES string of the molecule is CN(C)c1ccccc1[N-]c1ccccc1.[Na+]. The Balaban J connectivity index is 0.00000144. The summed E-state index contributed by atoms with van der Waals surface area (Å²) < 4.78 is 0. The van der Waals surface area contributed by atoms with E-state index in [1.54, 1.807) is 0 Å². The van der Waals surface area contributed by atoms with Crippen LogP contribution in [0.5, 0.6) is 0 Å². The average Bonchev–Trinajstić information content (AvgIpc) is 2.31. The van der Waals surface area contributed by atoms with Gasteiger partial charge in [-0.25, -0.2) is 0 Å². The summed E-state index contributed by atoms with van der Waals surface area (Å²) in [5, 5.41) is 4.62. The molecule has 0 fully saturated rings. The van der Waals surface area contributed by atoms with E-state index in [1.807, 2.05) is 62.6 Å². The van der Waals surface area contributed by atoms with E-state index in [2.05, 4.69) is 16.3 Å². The van der Waals surface area contributed by atoms with Crippen molar-refractivity contribution in [3.8, 4) is 0 Å². The standard InChI is InChI=1S/C14H15N2.Na/c1-16(2)14-11-7-6-10-13(14)15-12-8-4-3-5-9-12;/h3-11H,1-2H3;/q-1;+1. The summed E-state index contributed by atoms with van der Waals surface area (Å²) in [7, 11) is 4.05. The normalized spacial score (nSPS) is 9.29. The molecule has 0 amide bonds. The smallest absolute Gasteiger partial charge is 0.656 e. The second-order valence-corrected chi connectivity index (χ2v) is 3.83. The van der Waals surface area contributed by atoms with E-state index in [0.29, 0.717) is 0 Å². The Morgan fingerprint density at radius 2 is 1.41 bits per heavy atom. The number of hydrogen-bond donors (Lipinski definition) is 0. The minimum atomic E-state index is 0. The molecule has 0 radical (unpaired) electrons. The van der Waals surface area contributed by atoms with E-state index in [1.165, 1.54) is 0 Å². The molecule has 0 unspecified atom stereocenters. The summed E-state index contributed by atoms with van der Waals surface area (Å²) >= 11 is 0. The number of para-hydroxylation sites is 3. The minimum absolute atomic E-state index is 0. The number of benzene rings is 2. The molecule has 0 saturated heterocycles. The molecule has 0 aliphatic rings. The first-order valence-electron chi connectivity index (χ1n) is 5.30. The van der Waals surface area contributed by atoms with Gasteiger partial charge in [-0.3, -0.25) is 0 Å². The Kier molecular flexibility index (Phi) is 5.56. The largest absolute Gasteiger partial charge is 1.00 e. The molecule has 0 saturated carbocycles. The molecule has 2 nitrogen and oxygen atoms in total. The molecule has 0 heterocycles. The molecule has 0 aliphatic carbocycles. The zero-order chi connectivity index (χ0) is 11.4. The summed E-state index contributed by atoms with van der Waals surface area (Å²) in [5.74, 6) is 0. The molecule has 2 aromatic carbocycles. The van der Waals surface area contributed by atoms with Gasteiger partial charge < -0.3 is 10.2 Å². The Bertz CT molecular complexity index is 455. The Morgan fingerprint density at radius 1 is 0.824 bits per heavy atom. The third-order valence-electron chi connectivity index (χ3n) is 2.37. The van der Waals surface area contributed by atoms with E-state index in [9.17, 15) is 0 Å². The maximum Gasteiger partial charge on any atom is 1.00 e. The van der Waals surface area contributed by atoms with Crippen molar-refractivity contribution < 1.29 is 29.6 Å². The molecule has 0 spiro atoms. The van der Waals surface area contributed by atoms with Crippen LogP contribution in [0.3, 0.4) is 0 Å². The van der Waals surface area contributed by atoms with Crippen molar-refractivity contribution in [2.75, 3.05) is 19.0 Å². The molecule has 3 heteroatoms. The van der Waals surface area contributed by atoms with Gasteiger partial charge in [0.1, 0.15) is 0 Å². The first-order valence-corrected chi connectivity index (χ1v) is 5.30. The molecule has 0 N–H and O–H groups in total. The molecule has 2 rings (SSSR count).